The van der Waals surface area contributed by atoms with Crippen LogP contribution in [0, 0.1) is 11.8 Å². The molecule has 0 radical (unpaired) electrons. The normalized spacial score (nSPS) is 39.3. The molecule has 2 heterocycles. The number of carbonyl (C=O) groups excluding carboxylic acids is 1. The van der Waals surface area contributed by atoms with Crippen molar-refractivity contribution in [3.8, 4) is 0 Å². The highest BCUT2D eigenvalue weighted by molar-refractivity contribution is 5.75. The molecule has 2 saturated heterocycles. The van der Waals surface area contributed by atoms with Crippen molar-refractivity contribution in [3.63, 3.8) is 0 Å². The topological polar surface area (TPSA) is 35.5 Å². The summed E-state index contributed by atoms with van der Waals surface area (Å²) in [4.78, 5) is 11.2. The fraction of sp³-hybridized carbons (Fsp3) is 0.667. The second-order valence-corrected chi connectivity index (χ2v) is 3.26. The van der Waals surface area contributed by atoms with Gasteiger partial charge in [-0.15, -0.1) is 6.58 Å². The summed E-state index contributed by atoms with van der Waals surface area (Å²) in [5.74, 6) is 0.148. The Labute approximate surface area is 71.3 Å². The minimum Gasteiger partial charge on any atom is -0.435 e. The van der Waals surface area contributed by atoms with E-state index >= 15 is 0 Å². The van der Waals surface area contributed by atoms with Crippen LogP contribution in [0.3, 0.4) is 0 Å². The van der Waals surface area contributed by atoms with Gasteiger partial charge in [-0.2, -0.15) is 0 Å². The first-order valence-electron chi connectivity index (χ1n) is 4.26. The summed E-state index contributed by atoms with van der Waals surface area (Å²) < 4.78 is 10.3. The van der Waals surface area contributed by atoms with Crippen molar-refractivity contribution in [1.82, 2.24) is 0 Å². The van der Waals surface area contributed by atoms with Gasteiger partial charge in [0.1, 0.15) is 0 Å². The molecule has 3 heteroatoms. The Balaban J connectivity index is 2.10. The summed E-state index contributed by atoms with van der Waals surface area (Å²) in [7, 11) is 0. The molecule has 0 bridgehead atoms. The van der Waals surface area contributed by atoms with Crippen LogP contribution in [0.25, 0.3) is 0 Å². The van der Waals surface area contributed by atoms with Crippen LogP contribution in [0.4, 0.5) is 0 Å². The molecule has 0 unspecified atom stereocenters. The van der Waals surface area contributed by atoms with Gasteiger partial charge in [-0.3, -0.25) is 4.79 Å². The molecule has 2 aliphatic rings. The Morgan fingerprint density at radius 1 is 1.67 bits per heavy atom. The number of esters is 1. The van der Waals surface area contributed by atoms with Crippen LogP contribution in [0.2, 0.25) is 0 Å². The first-order chi connectivity index (χ1) is 5.83. The van der Waals surface area contributed by atoms with Gasteiger partial charge in [0.15, 0.2) is 0 Å². The van der Waals surface area contributed by atoms with E-state index in [-0.39, 0.29) is 24.1 Å². The Hall–Kier alpha value is -0.830. The van der Waals surface area contributed by atoms with Crippen LogP contribution in [-0.4, -0.2) is 18.9 Å². The molecule has 0 aromatic heterocycles. The summed E-state index contributed by atoms with van der Waals surface area (Å²) in [6, 6.07) is 0. The van der Waals surface area contributed by atoms with Crippen LogP contribution < -0.4 is 0 Å². The number of allylic oxidation sites excluding steroid dienone is 1. The Morgan fingerprint density at radius 2 is 2.50 bits per heavy atom. The van der Waals surface area contributed by atoms with Crippen molar-refractivity contribution >= 4 is 5.97 Å². The van der Waals surface area contributed by atoms with Crippen LogP contribution >= 0.6 is 0 Å². The van der Waals surface area contributed by atoms with E-state index in [0.29, 0.717) is 6.42 Å². The molecule has 2 fully saturated rings. The van der Waals surface area contributed by atoms with Gasteiger partial charge in [-0.1, -0.05) is 6.08 Å². The average molecular weight is 168 g/mol. The number of hydrogen-bond acceptors (Lipinski definition) is 3. The lowest BCUT2D eigenvalue weighted by Crippen LogP contribution is -2.15. The zero-order valence-corrected chi connectivity index (χ0v) is 6.86. The average Bonchev–Trinajstić information content (AvgIpc) is 2.56. The lowest BCUT2D eigenvalue weighted by atomic mass is 9.90. The highest BCUT2D eigenvalue weighted by atomic mass is 16.7. The Bertz CT molecular complexity index is 212. The lowest BCUT2D eigenvalue weighted by Gasteiger charge is -2.08. The Morgan fingerprint density at radius 3 is 3.25 bits per heavy atom. The third-order valence-electron chi connectivity index (χ3n) is 2.56. The number of ether oxygens (including phenoxy) is 2. The SMILES string of the molecule is C=CC[C@@H]1C(=O)O[C@@H]2OCC[C@@H]21. The van der Waals surface area contributed by atoms with Gasteiger partial charge in [0.05, 0.1) is 12.5 Å². The van der Waals surface area contributed by atoms with Gasteiger partial charge in [0.2, 0.25) is 6.29 Å². The molecule has 0 spiro atoms. The minimum atomic E-state index is -0.262. The van der Waals surface area contributed by atoms with E-state index in [1.54, 1.807) is 6.08 Å². The highest BCUT2D eigenvalue weighted by Crippen LogP contribution is 2.38. The predicted octanol–water partition coefficient (Wildman–Crippen LogP) is 1.10. The van der Waals surface area contributed by atoms with Gasteiger partial charge in [-0.05, 0) is 12.8 Å². The molecule has 3 atom stereocenters. The molecule has 66 valence electrons. The van der Waals surface area contributed by atoms with E-state index in [1.165, 1.54) is 0 Å². The van der Waals surface area contributed by atoms with Crippen molar-refractivity contribution in [2.45, 2.75) is 19.1 Å². The number of carbonyl (C=O) groups is 1. The number of rotatable bonds is 2. The second kappa shape index (κ2) is 2.90. The molecule has 0 aromatic carbocycles. The molecule has 0 N–H and O–H groups in total. The van der Waals surface area contributed by atoms with Gasteiger partial charge < -0.3 is 9.47 Å². The molecule has 2 aliphatic heterocycles. The fourth-order valence-electron chi connectivity index (χ4n) is 1.92. The van der Waals surface area contributed by atoms with Crippen molar-refractivity contribution in [3.05, 3.63) is 12.7 Å². The van der Waals surface area contributed by atoms with E-state index in [9.17, 15) is 4.79 Å². The number of hydrogen-bond donors (Lipinski definition) is 0. The molecular weight excluding hydrogens is 156 g/mol. The smallest absolute Gasteiger partial charge is 0.312 e. The van der Waals surface area contributed by atoms with Gasteiger partial charge in [-0.25, -0.2) is 0 Å². The van der Waals surface area contributed by atoms with Crippen molar-refractivity contribution in [2.75, 3.05) is 6.61 Å². The standard InChI is InChI=1S/C9H12O3/c1-2-3-6-7-4-5-11-9(7)12-8(6)10/h2,6-7,9H,1,3-5H2/t6-,7+,9-/m0/s1. The summed E-state index contributed by atoms with van der Waals surface area (Å²) in [6.07, 6.45) is 3.16. The van der Waals surface area contributed by atoms with E-state index in [0.717, 1.165) is 13.0 Å². The van der Waals surface area contributed by atoms with E-state index in [4.69, 9.17) is 9.47 Å². The maximum Gasteiger partial charge on any atom is 0.312 e. The molecule has 0 amide bonds. The monoisotopic (exact) mass is 168 g/mol. The highest BCUT2D eigenvalue weighted by Gasteiger charge is 2.47. The summed E-state index contributed by atoms with van der Waals surface area (Å²) >= 11 is 0. The molecule has 3 nitrogen and oxygen atoms in total. The molecule has 0 saturated carbocycles. The molecule has 12 heavy (non-hydrogen) atoms. The number of fused-ring (bicyclic) bond motifs is 1. The first kappa shape index (κ1) is 7.80. The molecule has 2 rings (SSSR count). The first-order valence-corrected chi connectivity index (χ1v) is 4.26. The largest absolute Gasteiger partial charge is 0.435 e. The van der Waals surface area contributed by atoms with Crippen LogP contribution in [0.1, 0.15) is 12.8 Å². The van der Waals surface area contributed by atoms with E-state index < -0.39 is 0 Å². The molecule has 0 aliphatic carbocycles. The predicted molar refractivity (Wildman–Crippen MR) is 42.2 cm³/mol. The maximum absolute atomic E-state index is 11.2. The lowest BCUT2D eigenvalue weighted by molar-refractivity contribution is -0.159. The minimum absolute atomic E-state index is 0.00463. The van der Waals surface area contributed by atoms with Crippen molar-refractivity contribution in [2.24, 2.45) is 11.8 Å². The van der Waals surface area contributed by atoms with Gasteiger partial charge in [0, 0.05) is 5.92 Å². The third kappa shape index (κ3) is 1.05. The van der Waals surface area contributed by atoms with E-state index in [2.05, 4.69) is 6.58 Å². The van der Waals surface area contributed by atoms with Gasteiger partial charge >= 0.3 is 5.97 Å². The van der Waals surface area contributed by atoms with Crippen LogP contribution in [-0.2, 0) is 14.3 Å². The quantitative estimate of drug-likeness (QED) is 0.457. The zero-order chi connectivity index (χ0) is 8.55. The summed E-state index contributed by atoms with van der Waals surface area (Å²) in [5.41, 5.74) is 0. The van der Waals surface area contributed by atoms with Gasteiger partial charge in [0.25, 0.3) is 0 Å². The second-order valence-electron chi connectivity index (χ2n) is 3.26. The van der Waals surface area contributed by atoms with Crippen LogP contribution in [0.15, 0.2) is 12.7 Å². The van der Waals surface area contributed by atoms with Crippen molar-refractivity contribution < 1.29 is 14.3 Å². The van der Waals surface area contributed by atoms with Crippen LogP contribution in [0.5, 0.6) is 0 Å². The third-order valence-corrected chi connectivity index (χ3v) is 2.56. The summed E-state index contributed by atoms with van der Waals surface area (Å²) in [6.45, 7) is 4.34. The summed E-state index contributed by atoms with van der Waals surface area (Å²) in [5, 5.41) is 0. The molecular formula is C9H12O3. The van der Waals surface area contributed by atoms with Crippen molar-refractivity contribution in [1.29, 1.82) is 0 Å². The fourth-order valence-corrected chi connectivity index (χ4v) is 1.92. The Kier molecular flexibility index (Phi) is 1.89. The molecule has 0 aromatic rings. The maximum atomic E-state index is 11.2. The van der Waals surface area contributed by atoms with E-state index in [1.807, 2.05) is 0 Å². The zero-order valence-electron chi connectivity index (χ0n) is 6.86.